The fraction of sp³-hybridized carbons (Fsp3) is 0.211. The largest absolute Gasteiger partial charge is 0.481 e. The van der Waals surface area contributed by atoms with Crippen LogP contribution in [0.3, 0.4) is 0 Å². The molecule has 6 nitrogen and oxygen atoms in total. The Labute approximate surface area is 145 Å². The number of aliphatic carboxylic acids is 1. The molecule has 2 aromatic carbocycles. The summed E-state index contributed by atoms with van der Waals surface area (Å²) in [6.07, 6.45) is -0.310. The first-order chi connectivity index (χ1) is 12.0. The van der Waals surface area contributed by atoms with E-state index < -0.39 is 5.97 Å². The maximum Gasteiger partial charge on any atom is 0.303 e. The summed E-state index contributed by atoms with van der Waals surface area (Å²) >= 11 is 0. The van der Waals surface area contributed by atoms with Gasteiger partial charge in [-0.05, 0) is 36.8 Å². The van der Waals surface area contributed by atoms with Gasteiger partial charge in [0, 0.05) is 17.7 Å². The van der Waals surface area contributed by atoms with Gasteiger partial charge in [0.25, 0.3) is 5.91 Å². The van der Waals surface area contributed by atoms with E-state index >= 15 is 0 Å². The van der Waals surface area contributed by atoms with Crippen LogP contribution in [0.15, 0.2) is 54.6 Å². The summed E-state index contributed by atoms with van der Waals surface area (Å²) in [6.45, 7) is 1.91. The molecule has 0 saturated carbocycles. The molecule has 6 heteroatoms. The van der Waals surface area contributed by atoms with Crippen molar-refractivity contribution in [2.75, 3.05) is 5.32 Å². The lowest BCUT2D eigenvalue weighted by atomic mass is 10.1. The first-order valence-corrected chi connectivity index (χ1v) is 7.93. The van der Waals surface area contributed by atoms with Crippen LogP contribution in [-0.4, -0.2) is 22.9 Å². The minimum Gasteiger partial charge on any atom is -0.481 e. The summed E-state index contributed by atoms with van der Waals surface area (Å²) < 4.78 is 0. The number of carboxylic acid groups (broad SMARTS) is 1. The summed E-state index contributed by atoms with van der Waals surface area (Å²) in [6, 6.07) is 16.0. The number of anilines is 1. The fourth-order valence-corrected chi connectivity index (χ4v) is 2.25. The van der Waals surface area contributed by atoms with Crippen molar-refractivity contribution in [1.82, 2.24) is 5.32 Å². The number of benzene rings is 2. The van der Waals surface area contributed by atoms with Gasteiger partial charge < -0.3 is 15.7 Å². The van der Waals surface area contributed by atoms with Crippen molar-refractivity contribution >= 4 is 23.5 Å². The van der Waals surface area contributed by atoms with Crippen molar-refractivity contribution in [3.05, 3.63) is 65.7 Å². The highest BCUT2D eigenvalue weighted by Gasteiger charge is 2.11. The zero-order valence-corrected chi connectivity index (χ0v) is 13.9. The number of hydrogen-bond acceptors (Lipinski definition) is 3. The Kier molecular flexibility index (Phi) is 6.28. The average molecular weight is 340 g/mol. The molecule has 0 heterocycles. The highest BCUT2D eigenvalue weighted by atomic mass is 16.4. The summed E-state index contributed by atoms with van der Waals surface area (Å²) in [5.74, 6) is -1.60. The number of hydrogen-bond donors (Lipinski definition) is 3. The summed E-state index contributed by atoms with van der Waals surface area (Å²) in [5, 5.41) is 14.1. The molecular weight excluding hydrogens is 320 g/mol. The third-order valence-corrected chi connectivity index (χ3v) is 3.64. The second-order valence-electron chi connectivity index (χ2n) is 5.63. The molecule has 1 unspecified atom stereocenters. The predicted molar refractivity (Wildman–Crippen MR) is 94.3 cm³/mol. The van der Waals surface area contributed by atoms with E-state index in [1.165, 1.54) is 0 Å². The Balaban J connectivity index is 1.91. The van der Waals surface area contributed by atoms with Gasteiger partial charge in [-0.15, -0.1) is 0 Å². The number of rotatable bonds is 7. The van der Waals surface area contributed by atoms with E-state index in [4.69, 9.17) is 5.11 Å². The van der Waals surface area contributed by atoms with E-state index in [0.717, 1.165) is 5.56 Å². The Morgan fingerprint density at radius 2 is 1.60 bits per heavy atom. The van der Waals surface area contributed by atoms with Gasteiger partial charge >= 0.3 is 5.97 Å². The molecule has 130 valence electrons. The molecule has 2 amide bonds. The van der Waals surface area contributed by atoms with Crippen LogP contribution >= 0.6 is 0 Å². The van der Waals surface area contributed by atoms with Crippen LogP contribution < -0.4 is 10.6 Å². The molecule has 1 atom stereocenters. The predicted octanol–water partition coefficient (Wildman–Crippen LogP) is 2.98. The molecule has 0 fully saturated rings. The third kappa shape index (κ3) is 5.76. The van der Waals surface area contributed by atoms with Gasteiger partial charge in [0.1, 0.15) is 0 Å². The van der Waals surface area contributed by atoms with E-state index in [1.54, 1.807) is 24.3 Å². The van der Waals surface area contributed by atoms with Crippen molar-refractivity contribution in [2.24, 2.45) is 0 Å². The molecule has 25 heavy (non-hydrogen) atoms. The second-order valence-corrected chi connectivity index (χ2v) is 5.63. The van der Waals surface area contributed by atoms with Gasteiger partial charge in [-0.25, -0.2) is 0 Å². The van der Waals surface area contributed by atoms with Crippen molar-refractivity contribution in [3.8, 4) is 0 Å². The Morgan fingerprint density at radius 1 is 0.960 bits per heavy atom. The maximum atomic E-state index is 12.3. The Hall–Kier alpha value is -3.15. The number of nitrogens with one attached hydrogen (secondary N) is 2. The quantitative estimate of drug-likeness (QED) is 0.722. The van der Waals surface area contributed by atoms with Gasteiger partial charge in [0.15, 0.2) is 0 Å². The zero-order valence-electron chi connectivity index (χ0n) is 13.9. The highest BCUT2D eigenvalue weighted by molar-refractivity contribution is 5.96. The number of carbonyl (C=O) groups is 3. The number of carboxylic acids is 1. The van der Waals surface area contributed by atoms with Crippen LogP contribution in [0.25, 0.3) is 0 Å². The maximum absolute atomic E-state index is 12.3. The lowest BCUT2D eigenvalue weighted by Gasteiger charge is -2.14. The van der Waals surface area contributed by atoms with Gasteiger partial charge in [0.2, 0.25) is 5.91 Å². The first kappa shape index (κ1) is 18.2. The van der Waals surface area contributed by atoms with Crippen molar-refractivity contribution < 1.29 is 19.5 Å². The van der Waals surface area contributed by atoms with E-state index in [2.05, 4.69) is 10.6 Å². The molecule has 3 N–H and O–H groups in total. The minimum atomic E-state index is -1.02. The molecule has 0 bridgehead atoms. The van der Waals surface area contributed by atoms with E-state index in [9.17, 15) is 14.4 Å². The van der Waals surface area contributed by atoms with Crippen LogP contribution in [0.1, 0.15) is 41.7 Å². The molecule has 0 aliphatic rings. The molecule has 0 saturated heterocycles. The fourth-order valence-electron chi connectivity index (χ4n) is 2.25. The monoisotopic (exact) mass is 340 g/mol. The smallest absolute Gasteiger partial charge is 0.303 e. The zero-order chi connectivity index (χ0) is 18.2. The highest BCUT2D eigenvalue weighted by Crippen LogP contribution is 2.14. The van der Waals surface area contributed by atoms with E-state index in [0.29, 0.717) is 11.3 Å². The molecule has 0 aliphatic carbocycles. The van der Waals surface area contributed by atoms with Crippen molar-refractivity contribution in [1.29, 1.82) is 0 Å². The molecule has 0 radical (unpaired) electrons. The van der Waals surface area contributed by atoms with Gasteiger partial charge in [0.05, 0.1) is 12.5 Å². The molecule has 0 spiro atoms. The molecule has 2 rings (SSSR count). The van der Waals surface area contributed by atoms with E-state index in [1.807, 2.05) is 37.3 Å². The number of carbonyl (C=O) groups excluding carboxylic acids is 2. The summed E-state index contributed by atoms with van der Waals surface area (Å²) in [5.41, 5.74) is 2.01. The van der Waals surface area contributed by atoms with Gasteiger partial charge in [-0.3, -0.25) is 14.4 Å². The normalized spacial score (nSPS) is 11.4. The van der Waals surface area contributed by atoms with Crippen LogP contribution in [0.5, 0.6) is 0 Å². The van der Waals surface area contributed by atoms with Crippen molar-refractivity contribution in [2.45, 2.75) is 25.8 Å². The molecule has 0 aliphatic heterocycles. The lowest BCUT2D eigenvalue weighted by Crippen LogP contribution is -2.26. The lowest BCUT2D eigenvalue weighted by molar-refractivity contribution is -0.138. The Bertz CT molecular complexity index is 742. The summed E-state index contributed by atoms with van der Waals surface area (Å²) in [4.78, 5) is 34.3. The van der Waals surface area contributed by atoms with Crippen LogP contribution in [0, 0.1) is 0 Å². The molecular formula is C19H20N2O4. The Morgan fingerprint density at radius 3 is 2.20 bits per heavy atom. The van der Waals surface area contributed by atoms with E-state index in [-0.39, 0.29) is 30.7 Å². The average Bonchev–Trinajstić information content (AvgIpc) is 2.61. The minimum absolute atomic E-state index is 0.0911. The van der Waals surface area contributed by atoms with Crippen LogP contribution in [-0.2, 0) is 9.59 Å². The summed E-state index contributed by atoms with van der Waals surface area (Å²) in [7, 11) is 0. The van der Waals surface area contributed by atoms with Gasteiger partial charge in [-0.2, -0.15) is 0 Å². The first-order valence-electron chi connectivity index (χ1n) is 7.93. The van der Waals surface area contributed by atoms with Crippen molar-refractivity contribution in [3.63, 3.8) is 0 Å². The van der Waals surface area contributed by atoms with Crippen LogP contribution in [0.2, 0.25) is 0 Å². The second kappa shape index (κ2) is 8.63. The van der Waals surface area contributed by atoms with Gasteiger partial charge in [-0.1, -0.05) is 30.3 Å². The molecule has 0 aromatic heterocycles. The SMILES string of the molecule is CC(NC(=O)c1ccc(NC(=O)CCC(=O)O)cc1)c1ccccc1. The topological polar surface area (TPSA) is 95.5 Å². The van der Waals surface area contributed by atoms with Crippen LogP contribution in [0.4, 0.5) is 5.69 Å². The standard InChI is InChI=1S/C19H20N2O4/c1-13(14-5-3-2-4-6-14)20-19(25)15-7-9-16(10-8-15)21-17(22)11-12-18(23)24/h2-10,13H,11-12H2,1H3,(H,20,25)(H,21,22)(H,23,24). The number of amides is 2. The molecule has 2 aromatic rings. The third-order valence-electron chi connectivity index (χ3n) is 3.64.